The molecule has 2 atom stereocenters. The molecule has 0 radical (unpaired) electrons. The summed E-state index contributed by atoms with van der Waals surface area (Å²) >= 11 is 10.8. The van der Waals surface area contributed by atoms with E-state index in [9.17, 15) is 9.59 Å². The van der Waals surface area contributed by atoms with E-state index in [1.54, 1.807) is 13.8 Å². The Kier molecular flexibility index (Phi) is 7.76. The van der Waals surface area contributed by atoms with Crippen LogP contribution in [0.1, 0.15) is 31.4 Å². The van der Waals surface area contributed by atoms with E-state index < -0.39 is 0 Å². The fourth-order valence-electron chi connectivity index (χ4n) is 2.57. The minimum atomic E-state index is -0.379. The van der Waals surface area contributed by atoms with Crippen LogP contribution in [0.2, 0.25) is 0 Å². The average Bonchev–Trinajstić information content (AvgIpc) is 2.67. The first-order valence-electron chi connectivity index (χ1n) is 8.65. The van der Waals surface area contributed by atoms with Crippen LogP contribution in [-0.4, -0.2) is 33.6 Å². The predicted octanol–water partition coefficient (Wildman–Crippen LogP) is 3.22. The van der Waals surface area contributed by atoms with E-state index in [0.29, 0.717) is 9.73 Å². The molecule has 0 saturated carbocycles. The minimum Gasteiger partial charge on any atom is -0.348 e. The van der Waals surface area contributed by atoms with Gasteiger partial charge in [0.15, 0.2) is 0 Å². The van der Waals surface area contributed by atoms with Crippen LogP contribution >= 0.6 is 24.4 Å². The van der Waals surface area contributed by atoms with E-state index in [4.69, 9.17) is 24.4 Å². The number of rotatable bonds is 8. The molecular formula is C21H22N2O2S2. The summed E-state index contributed by atoms with van der Waals surface area (Å²) in [5.41, 5.74) is 1.76. The van der Waals surface area contributed by atoms with E-state index in [2.05, 4.69) is 10.6 Å². The number of carbonyl (C=O) groups is 2. The van der Waals surface area contributed by atoms with Crippen LogP contribution in [0.3, 0.4) is 0 Å². The lowest BCUT2D eigenvalue weighted by Crippen LogP contribution is -2.43. The van der Waals surface area contributed by atoms with Crippen LogP contribution in [0.4, 0.5) is 0 Å². The highest BCUT2D eigenvalue weighted by molar-refractivity contribution is 7.81. The van der Waals surface area contributed by atoms with E-state index >= 15 is 0 Å². The first-order chi connectivity index (χ1) is 12.9. The summed E-state index contributed by atoms with van der Waals surface area (Å²) in [5, 5.41) is 5.54. The molecule has 0 heterocycles. The molecule has 2 unspecified atom stereocenters. The number of benzene rings is 2. The van der Waals surface area contributed by atoms with Crippen molar-refractivity contribution in [3.63, 3.8) is 0 Å². The molecule has 0 saturated heterocycles. The van der Waals surface area contributed by atoms with Gasteiger partial charge in [0.1, 0.15) is 6.42 Å². The predicted molar refractivity (Wildman–Crippen MR) is 116 cm³/mol. The number of hydrogen-bond donors (Lipinski definition) is 2. The zero-order valence-electron chi connectivity index (χ0n) is 15.3. The second-order valence-electron chi connectivity index (χ2n) is 6.22. The van der Waals surface area contributed by atoms with Gasteiger partial charge in [0.05, 0.1) is 12.1 Å². The van der Waals surface area contributed by atoms with Crippen molar-refractivity contribution < 1.29 is 9.59 Å². The Morgan fingerprint density at radius 2 is 1.07 bits per heavy atom. The second kappa shape index (κ2) is 10.0. The van der Waals surface area contributed by atoms with Gasteiger partial charge in [0.2, 0.25) is 11.8 Å². The molecule has 0 aliphatic carbocycles. The summed E-state index contributed by atoms with van der Waals surface area (Å²) in [6, 6.07) is 18.3. The number of nitrogens with one attached hydrogen (secondary N) is 2. The molecule has 0 aliphatic heterocycles. The third kappa shape index (κ3) is 6.34. The first-order valence-corrected chi connectivity index (χ1v) is 9.47. The summed E-state index contributed by atoms with van der Waals surface area (Å²) < 4.78 is 0. The van der Waals surface area contributed by atoms with Crippen molar-refractivity contribution in [2.45, 2.75) is 32.4 Å². The molecule has 2 aromatic rings. The second-order valence-corrected chi connectivity index (χ2v) is 7.10. The van der Waals surface area contributed by atoms with E-state index in [1.165, 1.54) is 0 Å². The highest BCUT2D eigenvalue weighted by atomic mass is 32.1. The van der Waals surface area contributed by atoms with E-state index in [0.717, 1.165) is 11.1 Å². The molecule has 27 heavy (non-hydrogen) atoms. The molecule has 2 rings (SSSR count). The van der Waals surface area contributed by atoms with Gasteiger partial charge in [0, 0.05) is 9.73 Å². The molecule has 0 spiro atoms. The summed E-state index contributed by atoms with van der Waals surface area (Å²) in [7, 11) is 0. The third-order valence-corrected chi connectivity index (χ3v) is 5.16. The van der Waals surface area contributed by atoms with Gasteiger partial charge in [-0.05, 0) is 25.0 Å². The molecule has 2 amide bonds. The molecule has 140 valence electrons. The van der Waals surface area contributed by atoms with Gasteiger partial charge in [-0.1, -0.05) is 85.1 Å². The van der Waals surface area contributed by atoms with Gasteiger partial charge in [-0.3, -0.25) is 9.59 Å². The Morgan fingerprint density at radius 3 is 1.41 bits per heavy atom. The van der Waals surface area contributed by atoms with Crippen LogP contribution in [0.15, 0.2) is 60.7 Å². The van der Waals surface area contributed by atoms with Crippen LogP contribution in [0, 0.1) is 0 Å². The average molecular weight is 399 g/mol. The standard InChI is InChI=1S/C21H22N2O2S2/c1-14(20(26)16-9-5-3-6-10-16)22-18(24)13-19(25)23-15(2)21(27)17-11-7-4-8-12-17/h3-12,14-15H,13H2,1-2H3,(H,22,24)(H,23,25). The van der Waals surface area contributed by atoms with Gasteiger partial charge < -0.3 is 10.6 Å². The maximum atomic E-state index is 12.2. The smallest absolute Gasteiger partial charge is 0.229 e. The summed E-state index contributed by atoms with van der Waals surface area (Å²) in [4.78, 5) is 25.6. The fourth-order valence-corrected chi connectivity index (χ4v) is 2.96. The van der Waals surface area contributed by atoms with Crippen molar-refractivity contribution in [3.8, 4) is 0 Å². The molecule has 2 aromatic carbocycles. The molecular weight excluding hydrogens is 376 g/mol. The lowest BCUT2D eigenvalue weighted by Gasteiger charge is -2.17. The van der Waals surface area contributed by atoms with Crippen molar-refractivity contribution in [1.29, 1.82) is 0 Å². The van der Waals surface area contributed by atoms with Crippen LogP contribution in [0.5, 0.6) is 0 Å². The zero-order valence-corrected chi connectivity index (χ0v) is 16.9. The Labute approximate surface area is 170 Å². The van der Waals surface area contributed by atoms with E-state index in [1.807, 2.05) is 60.7 Å². The SMILES string of the molecule is CC(NC(=O)CC(=O)NC(C)C(=S)c1ccccc1)C(=S)c1ccccc1. The zero-order chi connectivity index (χ0) is 19.8. The Morgan fingerprint density at radius 1 is 0.741 bits per heavy atom. The van der Waals surface area contributed by atoms with Crippen LogP contribution < -0.4 is 10.6 Å². The maximum absolute atomic E-state index is 12.2. The van der Waals surface area contributed by atoms with Gasteiger partial charge >= 0.3 is 0 Å². The van der Waals surface area contributed by atoms with Gasteiger partial charge in [-0.25, -0.2) is 0 Å². The summed E-state index contributed by atoms with van der Waals surface area (Å²) in [6.07, 6.45) is -0.274. The van der Waals surface area contributed by atoms with E-state index in [-0.39, 0.29) is 30.3 Å². The fraction of sp³-hybridized carbons (Fsp3) is 0.238. The third-order valence-electron chi connectivity index (χ3n) is 3.98. The molecule has 6 heteroatoms. The number of carbonyl (C=O) groups excluding carboxylic acids is 2. The van der Waals surface area contributed by atoms with Crippen LogP contribution in [0.25, 0.3) is 0 Å². The molecule has 4 nitrogen and oxygen atoms in total. The van der Waals surface area contributed by atoms with Crippen molar-refractivity contribution in [3.05, 3.63) is 71.8 Å². The highest BCUT2D eigenvalue weighted by Gasteiger charge is 2.18. The summed E-state index contributed by atoms with van der Waals surface area (Å²) in [6.45, 7) is 3.61. The Bertz CT molecular complexity index is 753. The number of amides is 2. The molecule has 2 N–H and O–H groups in total. The largest absolute Gasteiger partial charge is 0.348 e. The Hall–Kier alpha value is -2.44. The molecule has 0 aliphatic rings. The van der Waals surface area contributed by atoms with Gasteiger partial charge in [0.25, 0.3) is 0 Å². The van der Waals surface area contributed by atoms with Crippen LogP contribution in [-0.2, 0) is 9.59 Å². The Balaban J connectivity index is 1.83. The quantitative estimate of drug-likeness (QED) is 0.407. The van der Waals surface area contributed by atoms with Gasteiger partial charge in [-0.15, -0.1) is 0 Å². The number of thiocarbonyl (C=S) groups is 2. The lowest BCUT2D eigenvalue weighted by molar-refractivity contribution is -0.129. The summed E-state index contributed by atoms with van der Waals surface area (Å²) in [5.74, 6) is -0.757. The number of hydrogen-bond acceptors (Lipinski definition) is 4. The maximum Gasteiger partial charge on any atom is 0.229 e. The minimum absolute atomic E-state index is 0.274. The highest BCUT2D eigenvalue weighted by Crippen LogP contribution is 2.07. The van der Waals surface area contributed by atoms with Gasteiger partial charge in [-0.2, -0.15) is 0 Å². The normalized spacial score (nSPS) is 12.5. The van der Waals surface area contributed by atoms with Crippen molar-refractivity contribution in [2.24, 2.45) is 0 Å². The van der Waals surface area contributed by atoms with Crippen molar-refractivity contribution in [2.75, 3.05) is 0 Å². The first kappa shape index (κ1) is 20.9. The van der Waals surface area contributed by atoms with Crippen molar-refractivity contribution >= 4 is 46.0 Å². The molecule has 0 aromatic heterocycles. The topological polar surface area (TPSA) is 58.2 Å². The monoisotopic (exact) mass is 398 g/mol. The van der Waals surface area contributed by atoms with Crippen molar-refractivity contribution in [1.82, 2.24) is 10.6 Å². The lowest BCUT2D eigenvalue weighted by atomic mass is 10.1. The molecule has 0 bridgehead atoms. The molecule has 0 fully saturated rings.